The molecule has 2 aromatic rings. The van der Waals surface area contributed by atoms with E-state index in [-0.39, 0.29) is 11.9 Å². The Balaban J connectivity index is 1.97. The molecular weight excluding hydrogens is 274 g/mol. The van der Waals surface area contributed by atoms with Crippen LogP contribution in [0.1, 0.15) is 30.8 Å². The molecule has 1 aromatic heterocycles. The van der Waals surface area contributed by atoms with Crippen LogP contribution < -0.4 is 5.32 Å². The summed E-state index contributed by atoms with van der Waals surface area (Å²) in [4.78, 5) is 12.0. The van der Waals surface area contributed by atoms with Crippen molar-refractivity contribution in [3.05, 3.63) is 46.7 Å². The quantitative estimate of drug-likeness (QED) is 0.933. The molecule has 4 nitrogen and oxygen atoms in total. The normalized spacial score (nSPS) is 12.2. The predicted octanol–water partition coefficient (Wildman–Crippen LogP) is 3.74. The third-order valence-corrected chi connectivity index (χ3v) is 3.32. The summed E-state index contributed by atoms with van der Waals surface area (Å²) in [5.74, 6) is -0.0348. The van der Waals surface area contributed by atoms with Gasteiger partial charge in [0.15, 0.2) is 0 Å². The van der Waals surface area contributed by atoms with Crippen LogP contribution >= 0.6 is 11.6 Å². The summed E-state index contributed by atoms with van der Waals surface area (Å²) in [7, 11) is 0. The van der Waals surface area contributed by atoms with Gasteiger partial charge in [0.1, 0.15) is 0 Å². The lowest BCUT2D eigenvalue weighted by Crippen LogP contribution is -2.19. The lowest BCUT2D eigenvalue weighted by molar-refractivity contribution is -0.116. The summed E-state index contributed by atoms with van der Waals surface area (Å²) in [6, 6.07) is 9.11. The SMILES string of the molecule is Cc1cc(C)n(C(C)CC(=O)Nc2ccc(Cl)cc2)n1. The third-order valence-electron chi connectivity index (χ3n) is 3.07. The zero-order valence-electron chi connectivity index (χ0n) is 11.9. The van der Waals surface area contributed by atoms with Gasteiger partial charge in [0.25, 0.3) is 0 Å². The summed E-state index contributed by atoms with van der Waals surface area (Å²) < 4.78 is 1.89. The Hall–Kier alpha value is -1.81. The monoisotopic (exact) mass is 291 g/mol. The number of halogens is 1. The number of amides is 1. The average Bonchev–Trinajstić information content (AvgIpc) is 2.71. The fourth-order valence-corrected chi connectivity index (χ4v) is 2.32. The maximum atomic E-state index is 12.0. The molecule has 0 bridgehead atoms. The minimum atomic E-state index is -0.0348. The van der Waals surface area contributed by atoms with Crippen LogP contribution in [-0.2, 0) is 4.79 Å². The maximum Gasteiger partial charge on any atom is 0.226 e. The van der Waals surface area contributed by atoms with Crippen molar-refractivity contribution in [1.82, 2.24) is 9.78 Å². The van der Waals surface area contributed by atoms with Crippen LogP contribution in [0, 0.1) is 13.8 Å². The summed E-state index contributed by atoms with van der Waals surface area (Å²) in [6.07, 6.45) is 0.380. The molecule has 1 N–H and O–H groups in total. The number of hydrogen-bond acceptors (Lipinski definition) is 2. The fourth-order valence-electron chi connectivity index (χ4n) is 2.19. The standard InChI is InChI=1S/C15H18ClN3O/c1-10-8-11(2)19(18-10)12(3)9-15(20)17-14-6-4-13(16)5-7-14/h4-8,12H,9H2,1-3H3,(H,17,20). The number of nitrogens with zero attached hydrogens (tertiary/aromatic N) is 2. The molecule has 1 unspecified atom stereocenters. The number of carbonyl (C=O) groups is 1. The van der Waals surface area contributed by atoms with Crippen molar-refractivity contribution >= 4 is 23.2 Å². The van der Waals surface area contributed by atoms with Crippen molar-refractivity contribution in [1.29, 1.82) is 0 Å². The minimum absolute atomic E-state index is 0.0241. The van der Waals surface area contributed by atoms with E-state index in [1.807, 2.05) is 31.5 Å². The van der Waals surface area contributed by atoms with Crippen LogP contribution in [0.5, 0.6) is 0 Å². The van der Waals surface area contributed by atoms with Crippen molar-refractivity contribution in [3.63, 3.8) is 0 Å². The Kier molecular flexibility index (Phi) is 4.45. The number of aryl methyl sites for hydroxylation is 2. The summed E-state index contributed by atoms with van der Waals surface area (Å²) in [5, 5.41) is 7.91. The molecule has 106 valence electrons. The lowest BCUT2D eigenvalue weighted by atomic mass is 10.2. The Morgan fingerprint density at radius 3 is 2.55 bits per heavy atom. The van der Waals surface area contributed by atoms with Gasteiger partial charge in [-0.25, -0.2) is 0 Å². The molecule has 0 aliphatic heterocycles. The van der Waals surface area contributed by atoms with E-state index >= 15 is 0 Å². The Morgan fingerprint density at radius 2 is 2.00 bits per heavy atom. The maximum absolute atomic E-state index is 12.0. The molecule has 0 aliphatic carbocycles. The second-order valence-electron chi connectivity index (χ2n) is 4.98. The van der Waals surface area contributed by atoms with Gasteiger partial charge in [0, 0.05) is 22.8 Å². The number of anilines is 1. The minimum Gasteiger partial charge on any atom is -0.326 e. The van der Waals surface area contributed by atoms with Crippen molar-refractivity contribution in [2.75, 3.05) is 5.32 Å². The zero-order valence-corrected chi connectivity index (χ0v) is 12.6. The summed E-state index contributed by atoms with van der Waals surface area (Å²) >= 11 is 5.81. The average molecular weight is 292 g/mol. The van der Waals surface area contributed by atoms with E-state index in [4.69, 9.17) is 11.6 Å². The van der Waals surface area contributed by atoms with Crippen LogP contribution in [0.2, 0.25) is 5.02 Å². The van der Waals surface area contributed by atoms with Gasteiger partial charge in [0.05, 0.1) is 11.7 Å². The topological polar surface area (TPSA) is 46.9 Å². The third kappa shape index (κ3) is 3.61. The number of benzene rings is 1. The van der Waals surface area contributed by atoms with Gasteiger partial charge in [-0.1, -0.05) is 11.6 Å². The molecule has 0 fully saturated rings. The van der Waals surface area contributed by atoms with Crippen molar-refractivity contribution in [2.24, 2.45) is 0 Å². The number of hydrogen-bond donors (Lipinski definition) is 1. The van der Waals surface area contributed by atoms with Crippen LogP contribution in [0.4, 0.5) is 5.69 Å². The molecule has 1 atom stereocenters. The van der Waals surface area contributed by atoms with Crippen molar-refractivity contribution in [2.45, 2.75) is 33.2 Å². The van der Waals surface area contributed by atoms with Gasteiger partial charge in [0.2, 0.25) is 5.91 Å². The second-order valence-corrected chi connectivity index (χ2v) is 5.42. The number of rotatable bonds is 4. The molecule has 0 spiro atoms. The van der Waals surface area contributed by atoms with Gasteiger partial charge in [-0.3, -0.25) is 9.48 Å². The Bertz CT molecular complexity index is 604. The highest BCUT2D eigenvalue weighted by Gasteiger charge is 2.14. The number of nitrogens with one attached hydrogen (secondary N) is 1. The highest BCUT2D eigenvalue weighted by molar-refractivity contribution is 6.30. The van der Waals surface area contributed by atoms with Crippen LogP contribution in [-0.4, -0.2) is 15.7 Å². The van der Waals surface area contributed by atoms with Crippen LogP contribution in [0.15, 0.2) is 30.3 Å². The first kappa shape index (κ1) is 14.6. The molecule has 1 heterocycles. The van der Waals surface area contributed by atoms with E-state index in [1.165, 1.54) is 0 Å². The molecular formula is C15H18ClN3O. The van der Waals surface area contributed by atoms with Crippen LogP contribution in [0.25, 0.3) is 0 Å². The first-order valence-electron chi connectivity index (χ1n) is 6.54. The first-order chi connectivity index (χ1) is 9.45. The van der Waals surface area contributed by atoms with Crippen molar-refractivity contribution < 1.29 is 4.79 Å². The largest absolute Gasteiger partial charge is 0.326 e. The Morgan fingerprint density at radius 1 is 1.35 bits per heavy atom. The van der Waals surface area contributed by atoms with E-state index in [0.717, 1.165) is 17.1 Å². The smallest absolute Gasteiger partial charge is 0.226 e. The molecule has 20 heavy (non-hydrogen) atoms. The highest BCUT2D eigenvalue weighted by Crippen LogP contribution is 2.17. The number of aromatic nitrogens is 2. The molecule has 1 amide bonds. The van der Waals surface area contributed by atoms with Gasteiger partial charge in [-0.2, -0.15) is 5.10 Å². The molecule has 0 radical (unpaired) electrons. The molecule has 0 saturated heterocycles. The fraction of sp³-hybridized carbons (Fsp3) is 0.333. The molecule has 0 saturated carbocycles. The molecule has 5 heteroatoms. The van der Waals surface area contributed by atoms with E-state index in [1.54, 1.807) is 24.3 Å². The van der Waals surface area contributed by atoms with Gasteiger partial charge in [-0.05, 0) is 51.1 Å². The van der Waals surface area contributed by atoms with Gasteiger partial charge >= 0.3 is 0 Å². The van der Waals surface area contributed by atoms with Crippen LogP contribution in [0.3, 0.4) is 0 Å². The highest BCUT2D eigenvalue weighted by atomic mass is 35.5. The van der Waals surface area contributed by atoms with Gasteiger partial charge in [-0.15, -0.1) is 0 Å². The predicted molar refractivity (Wildman–Crippen MR) is 81.1 cm³/mol. The van der Waals surface area contributed by atoms with Gasteiger partial charge < -0.3 is 5.32 Å². The van der Waals surface area contributed by atoms with Crippen molar-refractivity contribution in [3.8, 4) is 0 Å². The van der Waals surface area contributed by atoms with E-state index < -0.39 is 0 Å². The lowest BCUT2D eigenvalue weighted by Gasteiger charge is -2.14. The number of carbonyl (C=O) groups excluding carboxylic acids is 1. The molecule has 1 aromatic carbocycles. The van der Waals surface area contributed by atoms with E-state index in [2.05, 4.69) is 10.4 Å². The molecule has 0 aliphatic rings. The van der Waals surface area contributed by atoms with E-state index in [0.29, 0.717) is 11.4 Å². The zero-order chi connectivity index (χ0) is 14.7. The summed E-state index contributed by atoms with van der Waals surface area (Å²) in [5.41, 5.74) is 2.78. The first-order valence-corrected chi connectivity index (χ1v) is 6.91. The summed E-state index contributed by atoms with van der Waals surface area (Å²) in [6.45, 7) is 5.93. The molecule has 2 rings (SSSR count). The second kappa shape index (κ2) is 6.09. The Labute approximate surface area is 123 Å². The van der Waals surface area contributed by atoms with E-state index in [9.17, 15) is 4.79 Å².